The van der Waals surface area contributed by atoms with Gasteiger partial charge < -0.3 is 13.8 Å². The third kappa shape index (κ3) is 4.83. The van der Waals surface area contributed by atoms with Gasteiger partial charge in [-0.3, -0.25) is 0 Å². The predicted octanol–water partition coefficient (Wildman–Crippen LogP) is 4.85. The van der Waals surface area contributed by atoms with E-state index < -0.39 is 7.60 Å². The van der Waals surface area contributed by atoms with Crippen molar-refractivity contribution >= 4 is 30.8 Å². The normalized spacial score (nSPS) is 13.4. The molecule has 1 aromatic heterocycles. The molecule has 0 saturated carbocycles. The van der Waals surface area contributed by atoms with Gasteiger partial charge in [-0.25, -0.2) is 4.57 Å². The lowest BCUT2D eigenvalue weighted by molar-refractivity contribution is 0.318. The lowest BCUT2D eigenvalue weighted by Crippen LogP contribution is -2.00. The van der Waals surface area contributed by atoms with Crippen molar-refractivity contribution in [1.82, 2.24) is 10.2 Å². The molecule has 2 aromatic carbocycles. The first-order valence-corrected chi connectivity index (χ1v) is 9.79. The Bertz CT molecular complexity index is 918. The zero-order valence-electron chi connectivity index (χ0n) is 12.8. The van der Waals surface area contributed by atoms with Crippen LogP contribution < -0.4 is 4.52 Å². The first kappa shape index (κ1) is 18.0. The van der Waals surface area contributed by atoms with Gasteiger partial charge in [-0.2, -0.15) is 0 Å². The van der Waals surface area contributed by atoms with Gasteiger partial charge in [0.05, 0.1) is 16.7 Å². The summed E-state index contributed by atoms with van der Waals surface area (Å²) in [6.07, 6.45) is -0.0744. The maximum atomic E-state index is 12.2. The van der Waals surface area contributed by atoms with Crippen molar-refractivity contribution in [3.05, 3.63) is 64.1 Å². The van der Waals surface area contributed by atoms with E-state index in [4.69, 9.17) is 32.1 Å². The molecule has 0 aliphatic rings. The Balaban J connectivity index is 1.68. The van der Waals surface area contributed by atoms with E-state index in [9.17, 15) is 9.46 Å². The molecular formula is C16H13Cl2N2O4P. The van der Waals surface area contributed by atoms with Crippen molar-refractivity contribution in [3.63, 3.8) is 0 Å². The van der Waals surface area contributed by atoms with E-state index >= 15 is 0 Å². The summed E-state index contributed by atoms with van der Waals surface area (Å²) in [4.78, 5) is 9.96. The molecular weight excluding hydrogens is 386 g/mol. The summed E-state index contributed by atoms with van der Waals surface area (Å²) in [6.45, 7) is 0. The first-order valence-electron chi connectivity index (χ1n) is 7.27. The maximum absolute atomic E-state index is 12.2. The Hall–Kier alpha value is -1.85. The number of aromatic nitrogens is 2. The minimum absolute atomic E-state index is 0.0692. The number of halogens is 2. The average Bonchev–Trinajstić information content (AvgIpc) is 3.01. The molecule has 0 saturated heterocycles. The topological polar surface area (TPSA) is 85.5 Å². The quantitative estimate of drug-likeness (QED) is 0.597. The van der Waals surface area contributed by atoms with Gasteiger partial charge in [0.2, 0.25) is 0 Å². The molecule has 1 N–H and O–H groups in total. The number of aryl methyl sites for hydroxylation is 1. The molecule has 0 spiro atoms. The van der Waals surface area contributed by atoms with Gasteiger partial charge in [0, 0.05) is 5.02 Å². The molecule has 0 bridgehead atoms. The van der Waals surface area contributed by atoms with Crippen LogP contribution in [0.3, 0.4) is 0 Å². The highest BCUT2D eigenvalue weighted by atomic mass is 35.5. The summed E-state index contributed by atoms with van der Waals surface area (Å²) in [5, 5.41) is 8.19. The van der Waals surface area contributed by atoms with Crippen LogP contribution in [0.4, 0.5) is 0 Å². The summed E-state index contributed by atoms with van der Waals surface area (Å²) < 4.78 is 22.4. The van der Waals surface area contributed by atoms with E-state index in [1.165, 1.54) is 6.07 Å². The van der Waals surface area contributed by atoms with Crippen LogP contribution in [-0.2, 0) is 11.0 Å². The molecule has 3 aromatic rings. The molecule has 0 aliphatic heterocycles. The standard InChI is InChI=1S/C16H13Cl2N2O4P/c17-12-6-7-13(14(18)10-12)15-19-20-16(23-15)24-25(21,22)9-8-11-4-2-1-3-5-11/h1-7,10H,8-9H2,(H,21,22). The smallest absolute Gasteiger partial charge is 0.388 e. The highest BCUT2D eigenvalue weighted by Crippen LogP contribution is 2.43. The largest absolute Gasteiger partial charge is 0.421 e. The van der Waals surface area contributed by atoms with Gasteiger partial charge in [-0.15, -0.1) is 5.10 Å². The Labute approximate surface area is 153 Å². The molecule has 1 unspecified atom stereocenters. The first-order chi connectivity index (χ1) is 11.9. The molecule has 6 nitrogen and oxygen atoms in total. The molecule has 0 fully saturated rings. The van der Waals surface area contributed by atoms with Gasteiger partial charge in [-0.05, 0) is 30.2 Å². The lowest BCUT2D eigenvalue weighted by atomic mass is 10.2. The van der Waals surface area contributed by atoms with Crippen molar-refractivity contribution in [2.45, 2.75) is 6.42 Å². The third-order valence-electron chi connectivity index (χ3n) is 3.31. The van der Waals surface area contributed by atoms with Crippen molar-refractivity contribution in [3.8, 4) is 17.5 Å². The Kier molecular flexibility index (Phi) is 5.45. The molecule has 1 atom stereocenters. The third-order valence-corrected chi connectivity index (χ3v) is 5.09. The fourth-order valence-corrected chi connectivity index (χ4v) is 3.54. The second kappa shape index (κ2) is 7.58. The number of hydrogen-bond donors (Lipinski definition) is 1. The van der Waals surface area contributed by atoms with Gasteiger partial charge in [0.25, 0.3) is 5.89 Å². The average molecular weight is 399 g/mol. The number of benzene rings is 2. The number of hydrogen-bond acceptors (Lipinski definition) is 5. The van der Waals surface area contributed by atoms with E-state index in [0.717, 1.165) is 5.56 Å². The van der Waals surface area contributed by atoms with Crippen LogP contribution in [0, 0.1) is 0 Å². The van der Waals surface area contributed by atoms with E-state index in [0.29, 0.717) is 22.0 Å². The van der Waals surface area contributed by atoms with E-state index in [1.807, 2.05) is 30.3 Å². The SMILES string of the molecule is O=P(O)(CCc1ccccc1)Oc1nnc(-c2ccc(Cl)cc2Cl)o1. The summed E-state index contributed by atoms with van der Waals surface area (Å²) in [7, 11) is -3.93. The van der Waals surface area contributed by atoms with Crippen LogP contribution in [0.15, 0.2) is 52.9 Å². The predicted molar refractivity (Wildman–Crippen MR) is 95.2 cm³/mol. The summed E-state index contributed by atoms with van der Waals surface area (Å²) >= 11 is 11.9. The second-order valence-electron chi connectivity index (χ2n) is 5.19. The second-order valence-corrected chi connectivity index (χ2v) is 7.93. The monoisotopic (exact) mass is 398 g/mol. The van der Waals surface area contributed by atoms with E-state index in [-0.39, 0.29) is 18.1 Å². The van der Waals surface area contributed by atoms with E-state index in [2.05, 4.69) is 10.2 Å². The lowest BCUT2D eigenvalue weighted by Gasteiger charge is -2.09. The highest BCUT2D eigenvalue weighted by molar-refractivity contribution is 7.53. The van der Waals surface area contributed by atoms with Gasteiger partial charge in [-0.1, -0.05) is 58.6 Å². The molecule has 0 amide bonds. The summed E-state index contributed by atoms with van der Waals surface area (Å²) in [6, 6.07) is 14.1. The molecule has 1 heterocycles. The van der Waals surface area contributed by atoms with Crippen molar-refractivity contribution in [2.24, 2.45) is 0 Å². The molecule has 130 valence electrons. The summed E-state index contributed by atoms with van der Waals surface area (Å²) in [5.41, 5.74) is 1.38. The molecule has 25 heavy (non-hydrogen) atoms. The van der Waals surface area contributed by atoms with Crippen LogP contribution >= 0.6 is 30.8 Å². The van der Waals surface area contributed by atoms with Gasteiger partial charge >= 0.3 is 13.7 Å². The van der Waals surface area contributed by atoms with Crippen LogP contribution in [-0.4, -0.2) is 21.3 Å². The van der Waals surface area contributed by atoms with Crippen molar-refractivity contribution in [2.75, 3.05) is 6.16 Å². The van der Waals surface area contributed by atoms with Gasteiger partial charge in [0.1, 0.15) is 0 Å². The Morgan fingerprint density at radius 2 is 1.88 bits per heavy atom. The zero-order valence-corrected chi connectivity index (χ0v) is 15.2. The molecule has 3 rings (SSSR count). The van der Waals surface area contributed by atoms with Gasteiger partial charge in [0.15, 0.2) is 0 Å². The van der Waals surface area contributed by atoms with Crippen LogP contribution in [0.2, 0.25) is 10.0 Å². The van der Waals surface area contributed by atoms with Crippen LogP contribution in [0.1, 0.15) is 5.56 Å². The molecule has 0 radical (unpaired) electrons. The minimum Gasteiger partial charge on any atom is -0.388 e. The van der Waals surface area contributed by atoms with Crippen LogP contribution in [0.5, 0.6) is 6.08 Å². The van der Waals surface area contributed by atoms with E-state index in [1.54, 1.807) is 12.1 Å². The molecule has 0 aliphatic carbocycles. The Morgan fingerprint density at radius 3 is 2.60 bits per heavy atom. The Morgan fingerprint density at radius 1 is 1.12 bits per heavy atom. The fraction of sp³-hybridized carbons (Fsp3) is 0.125. The minimum atomic E-state index is -3.93. The van der Waals surface area contributed by atoms with Crippen molar-refractivity contribution < 1.29 is 18.4 Å². The number of nitrogens with zero attached hydrogens (tertiary/aromatic N) is 2. The summed E-state index contributed by atoms with van der Waals surface area (Å²) in [5.74, 6) is 0.0692. The van der Waals surface area contributed by atoms with Crippen molar-refractivity contribution in [1.29, 1.82) is 0 Å². The van der Waals surface area contributed by atoms with Crippen LogP contribution in [0.25, 0.3) is 11.5 Å². The highest BCUT2D eigenvalue weighted by Gasteiger charge is 2.25. The molecule has 9 heteroatoms. The number of rotatable bonds is 6. The maximum Gasteiger partial charge on any atom is 0.421 e. The fourth-order valence-electron chi connectivity index (χ4n) is 2.10. The zero-order chi connectivity index (χ0) is 17.9.